The van der Waals surface area contributed by atoms with E-state index in [4.69, 9.17) is 25.8 Å². The Morgan fingerprint density at radius 3 is 2.48 bits per heavy atom. The number of nitrogens with zero attached hydrogens (tertiary/aromatic N) is 2. The third-order valence-corrected chi connectivity index (χ3v) is 2.71. The molecule has 0 spiro atoms. The van der Waals surface area contributed by atoms with Gasteiger partial charge in [-0.3, -0.25) is 0 Å². The minimum atomic E-state index is -0.602. The van der Waals surface area contributed by atoms with Gasteiger partial charge in [-0.2, -0.15) is 9.97 Å². The average molecular weight is 313 g/mol. The fraction of sp³-hybridized carbons (Fsp3) is 0.286. The van der Waals surface area contributed by atoms with Gasteiger partial charge < -0.3 is 14.2 Å². The first-order chi connectivity index (χ1) is 10.0. The highest BCUT2D eigenvalue weighted by Gasteiger charge is 2.19. The summed E-state index contributed by atoms with van der Waals surface area (Å²) < 4.78 is 29.9. The molecule has 0 amide bonds. The Morgan fingerprint density at radius 2 is 1.86 bits per heavy atom. The van der Waals surface area contributed by atoms with Gasteiger partial charge in [0, 0.05) is 0 Å². The molecule has 0 aliphatic carbocycles. The molecule has 1 aromatic carbocycles. The molecule has 5 nitrogen and oxygen atoms in total. The van der Waals surface area contributed by atoms with Crippen molar-refractivity contribution in [2.45, 2.75) is 20.0 Å². The fourth-order valence-corrected chi connectivity index (χ4v) is 1.78. The third kappa shape index (κ3) is 3.52. The lowest BCUT2D eigenvalue weighted by atomic mass is 10.3. The molecule has 2 rings (SSSR count). The Morgan fingerprint density at radius 1 is 1.14 bits per heavy atom. The number of rotatable bonds is 5. The van der Waals surface area contributed by atoms with Gasteiger partial charge in [-0.25, -0.2) is 4.39 Å². The van der Waals surface area contributed by atoms with E-state index in [-0.39, 0.29) is 34.4 Å². The first-order valence-corrected chi connectivity index (χ1v) is 6.58. The molecule has 0 saturated heterocycles. The van der Waals surface area contributed by atoms with Gasteiger partial charge in [0.2, 0.25) is 5.75 Å². The second-order valence-corrected chi connectivity index (χ2v) is 4.74. The van der Waals surface area contributed by atoms with Gasteiger partial charge >= 0.3 is 0 Å². The largest absolute Gasteiger partial charge is 0.487 e. The monoisotopic (exact) mass is 312 g/mol. The van der Waals surface area contributed by atoms with E-state index in [9.17, 15) is 4.39 Å². The number of methoxy groups -OCH3 is 1. The summed E-state index contributed by atoms with van der Waals surface area (Å²) in [4.78, 5) is 7.90. The molecule has 1 aromatic heterocycles. The lowest BCUT2D eigenvalue weighted by molar-refractivity contribution is 0.215. The predicted molar refractivity (Wildman–Crippen MR) is 75.8 cm³/mol. The molecule has 0 N–H and O–H groups in total. The topological polar surface area (TPSA) is 53.5 Å². The van der Waals surface area contributed by atoms with Crippen LogP contribution in [0.4, 0.5) is 4.39 Å². The summed E-state index contributed by atoms with van der Waals surface area (Å²) in [6, 6.07) is 4.23. The summed E-state index contributed by atoms with van der Waals surface area (Å²) in [5.41, 5.74) is 0. The summed E-state index contributed by atoms with van der Waals surface area (Å²) in [6.07, 6.45) is 1.13. The predicted octanol–water partition coefficient (Wildman–Crippen LogP) is 3.86. The standard InChI is InChI=1S/C14H14ClFN2O3/c1-8(2)20-13-12(19-3)14(18-7-17-13)21-11-9(15)5-4-6-10(11)16/h4-8H,1-3H3. The molecule has 7 heteroatoms. The van der Waals surface area contributed by atoms with Crippen LogP contribution in [-0.2, 0) is 0 Å². The van der Waals surface area contributed by atoms with Crippen LogP contribution in [0.25, 0.3) is 0 Å². The maximum Gasteiger partial charge on any atom is 0.270 e. The zero-order valence-electron chi connectivity index (χ0n) is 11.8. The van der Waals surface area contributed by atoms with Crippen molar-refractivity contribution in [3.63, 3.8) is 0 Å². The highest BCUT2D eigenvalue weighted by atomic mass is 35.5. The van der Waals surface area contributed by atoms with Crippen molar-refractivity contribution in [1.29, 1.82) is 0 Å². The number of ether oxygens (including phenoxy) is 3. The number of aromatic nitrogens is 2. The van der Waals surface area contributed by atoms with E-state index in [0.29, 0.717) is 0 Å². The number of hydrogen-bond acceptors (Lipinski definition) is 5. The van der Waals surface area contributed by atoms with Crippen molar-refractivity contribution in [3.05, 3.63) is 35.4 Å². The minimum absolute atomic E-state index is 0.0233. The summed E-state index contributed by atoms with van der Waals surface area (Å²) in [6.45, 7) is 3.69. The van der Waals surface area contributed by atoms with Gasteiger partial charge in [0.15, 0.2) is 11.6 Å². The van der Waals surface area contributed by atoms with Crippen LogP contribution in [0.3, 0.4) is 0 Å². The lowest BCUT2D eigenvalue weighted by Crippen LogP contribution is -2.09. The van der Waals surface area contributed by atoms with E-state index >= 15 is 0 Å². The van der Waals surface area contributed by atoms with Crippen molar-refractivity contribution in [1.82, 2.24) is 9.97 Å². The lowest BCUT2D eigenvalue weighted by Gasteiger charge is -2.15. The van der Waals surface area contributed by atoms with Crippen LogP contribution < -0.4 is 14.2 Å². The molecule has 2 aromatic rings. The molecule has 112 valence electrons. The van der Waals surface area contributed by atoms with Crippen molar-refractivity contribution >= 4 is 11.6 Å². The molecule has 0 atom stereocenters. The summed E-state index contributed by atoms with van der Waals surface area (Å²) in [5, 5.41) is 0.127. The van der Waals surface area contributed by atoms with E-state index in [0.717, 1.165) is 0 Å². The highest BCUT2D eigenvalue weighted by Crippen LogP contribution is 2.39. The van der Waals surface area contributed by atoms with E-state index in [1.807, 2.05) is 13.8 Å². The zero-order valence-corrected chi connectivity index (χ0v) is 12.5. The summed E-state index contributed by atoms with van der Waals surface area (Å²) >= 11 is 5.92. The molecule has 1 heterocycles. The van der Waals surface area contributed by atoms with E-state index < -0.39 is 5.82 Å². The molecular formula is C14H14ClFN2O3. The molecule has 0 saturated carbocycles. The first-order valence-electron chi connectivity index (χ1n) is 6.20. The smallest absolute Gasteiger partial charge is 0.270 e. The Bertz CT molecular complexity index is 617. The Balaban J connectivity index is 2.40. The van der Waals surface area contributed by atoms with Gasteiger partial charge in [0.1, 0.15) is 6.33 Å². The molecule has 21 heavy (non-hydrogen) atoms. The first kappa shape index (κ1) is 15.3. The van der Waals surface area contributed by atoms with Crippen LogP contribution in [0.1, 0.15) is 13.8 Å². The molecule has 0 unspecified atom stereocenters. The normalized spacial score (nSPS) is 10.6. The van der Waals surface area contributed by atoms with Crippen LogP contribution >= 0.6 is 11.6 Å². The molecular weight excluding hydrogens is 299 g/mol. The number of halogens is 2. The van der Waals surface area contributed by atoms with Crippen LogP contribution in [0.2, 0.25) is 5.02 Å². The Kier molecular flexibility index (Phi) is 4.80. The molecule has 0 aliphatic rings. The molecule has 0 radical (unpaired) electrons. The van der Waals surface area contributed by atoms with Gasteiger partial charge in [-0.1, -0.05) is 17.7 Å². The molecule has 0 bridgehead atoms. The quantitative estimate of drug-likeness (QED) is 0.839. The molecule has 0 aliphatic heterocycles. The van der Waals surface area contributed by atoms with Crippen LogP contribution in [-0.4, -0.2) is 23.2 Å². The van der Waals surface area contributed by atoms with Gasteiger partial charge in [0.25, 0.3) is 11.8 Å². The van der Waals surface area contributed by atoms with E-state index in [2.05, 4.69) is 9.97 Å². The van der Waals surface area contributed by atoms with E-state index in [1.165, 1.54) is 31.6 Å². The van der Waals surface area contributed by atoms with Crippen LogP contribution in [0.5, 0.6) is 23.3 Å². The molecule has 0 fully saturated rings. The van der Waals surface area contributed by atoms with Crippen LogP contribution in [0, 0.1) is 5.82 Å². The van der Waals surface area contributed by atoms with Crippen LogP contribution in [0.15, 0.2) is 24.5 Å². The number of benzene rings is 1. The number of hydrogen-bond donors (Lipinski definition) is 0. The fourth-order valence-electron chi connectivity index (χ4n) is 1.57. The van der Waals surface area contributed by atoms with Crippen molar-refractivity contribution in [3.8, 4) is 23.3 Å². The van der Waals surface area contributed by atoms with Crippen molar-refractivity contribution < 1.29 is 18.6 Å². The SMILES string of the molecule is COc1c(Oc2c(F)cccc2Cl)ncnc1OC(C)C. The minimum Gasteiger partial charge on any atom is -0.487 e. The summed E-state index contributed by atoms with van der Waals surface area (Å²) in [7, 11) is 1.42. The van der Waals surface area contributed by atoms with Gasteiger partial charge in [-0.15, -0.1) is 0 Å². The maximum absolute atomic E-state index is 13.8. The third-order valence-electron chi connectivity index (χ3n) is 2.41. The second kappa shape index (κ2) is 6.58. The maximum atomic E-state index is 13.8. The Labute approximate surface area is 126 Å². The second-order valence-electron chi connectivity index (χ2n) is 4.34. The van der Waals surface area contributed by atoms with E-state index in [1.54, 1.807) is 0 Å². The average Bonchev–Trinajstić information content (AvgIpc) is 2.42. The Hall–Kier alpha value is -2.08. The van der Waals surface area contributed by atoms with Crippen molar-refractivity contribution in [2.24, 2.45) is 0 Å². The highest BCUT2D eigenvalue weighted by molar-refractivity contribution is 6.32. The van der Waals surface area contributed by atoms with Gasteiger partial charge in [0.05, 0.1) is 18.2 Å². The summed E-state index contributed by atoms with van der Waals surface area (Å²) in [5.74, 6) is -0.327. The zero-order chi connectivity index (χ0) is 15.4. The van der Waals surface area contributed by atoms with Gasteiger partial charge in [-0.05, 0) is 26.0 Å². The number of para-hydroxylation sites is 1. The van der Waals surface area contributed by atoms with Crippen molar-refractivity contribution in [2.75, 3.05) is 7.11 Å².